The second-order valence-electron chi connectivity index (χ2n) is 3.68. The molecule has 0 aliphatic heterocycles. The lowest BCUT2D eigenvalue weighted by atomic mass is 10.1. The molecule has 1 N–H and O–H groups in total. The zero-order valence-corrected chi connectivity index (χ0v) is 8.62. The molecule has 0 atom stereocenters. The van der Waals surface area contributed by atoms with Crippen molar-refractivity contribution >= 4 is 5.69 Å². The summed E-state index contributed by atoms with van der Waals surface area (Å²) in [5, 5.41) is 11.9. The minimum atomic E-state index is 0.597. The van der Waals surface area contributed by atoms with Gasteiger partial charge in [0.05, 0.1) is 17.4 Å². The number of hydrogen-bond acceptors (Lipinski definition) is 3. The maximum absolute atomic E-state index is 8.66. The van der Waals surface area contributed by atoms with Gasteiger partial charge in [0.1, 0.15) is 6.07 Å². The van der Waals surface area contributed by atoms with Crippen molar-refractivity contribution in [2.24, 2.45) is 5.92 Å². The fourth-order valence-corrected chi connectivity index (χ4v) is 1.10. The monoisotopic (exact) mass is 189 g/mol. The van der Waals surface area contributed by atoms with Gasteiger partial charge in [-0.3, -0.25) is 4.98 Å². The molecule has 1 rings (SSSR count). The molecule has 0 aromatic carbocycles. The van der Waals surface area contributed by atoms with E-state index in [1.807, 2.05) is 6.07 Å². The van der Waals surface area contributed by atoms with E-state index in [0.29, 0.717) is 11.5 Å². The van der Waals surface area contributed by atoms with Gasteiger partial charge in [-0.25, -0.2) is 0 Å². The highest BCUT2D eigenvalue weighted by Gasteiger charge is 1.96. The van der Waals surface area contributed by atoms with Crippen LogP contribution in [-0.2, 0) is 0 Å². The van der Waals surface area contributed by atoms with E-state index in [0.717, 1.165) is 18.7 Å². The molecule has 1 aromatic rings. The Hall–Kier alpha value is -1.56. The summed E-state index contributed by atoms with van der Waals surface area (Å²) < 4.78 is 0. The first-order chi connectivity index (χ1) is 6.72. The predicted octanol–water partition coefficient (Wildman–Crippen LogP) is 2.41. The summed E-state index contributed by atoms with van der Waals surface area (Å²) in [5.41, 5.74) is 1.52. The zero-order valence-electron chi connectivity index (χ0n) is 8.62. The maximum Gasteiger partial charge on any atom is 0.101 e. The minimum Gasteiger partial charge on any atom is -0.384 e. The molecule has 14 heavy (non-hydrogen) atoms. The van der Waals surface area contributed by atoms with Gasteiger partial charge in [-0.15, -0.1) is 0 Å². The van der Waals surface area contributed by atoms with E-state index in [1.165, 1.54) is 0 Å². The number of rotatable bonds is 4. The van der Waals surface area contributed by atoms with Gasteiger partial charge in [0.15, 0.2) is 0 Å². The summed E-state index contributed by atoms with van der Waals surface area (Å²) in [6.45, 7) is 5.30. The molecule has 0 saturated heterocycles. The van der Waals surface area contributed by atoms with Crippen LogP contribution < -0.4 is 5.32 Å². The highest BCUT2D eigenvalue weighted by atomic mass is 14.9. The quantitative estimate of drug-likeness (QED) is 0.791. The largest absolute Gasteiger partial charge is 0.384 e. The molecule has 0 aliphatic rings. The van der Waals surface area contributed by atoms with E-state index < -0.39 is 0 Å². The Kier molecular flexibility index (Phi) is 3.93. The Morgan fingerprint density at radius 1 is 1.50 bits per heavy atom. The van der Waals surface area contributed by atoms with Crippen LogP contribution in [-0.4, -0.2) is 11.5 Å². The summed E-state index contributed by atoms with van der Waals surface area (Å²) in [7, 11) is 0. The molecule has 0 aliphatic carbocycles. The molecule has 0 unspecified atom stereocenters. The summed E-state index contributed by atoms with van der Waals surface area (Å²) in [4.78, 5) is 3.97. The summed E-state index contributed by atoms with van der Waals surface area (Å²) >= 11 is 0. The second-order valence-corrected chi connectivity index (χ2v) is 3.68. The van der Waals surface area contributed by atoms with E-state index in [9.17, 15) is 0 Å². The number of hydrogen-bond donors (Lipinski definition) is 1. The van der Waals surface area contributed by atoms with Crippen LogP contribution in [0.5, 0.6) is 0 Å². The first-order valence-corrected chi connectivity index (χ1v) is 4.81. The molecule has 1 aromatic heterocycles. The molecule has 1 heterocycles. The van der Waals surface area contributed by atoms with Gasteiger partial charge in [0.2, 0.25) is 0 Å². The fourth-order valence-electron chi connectivity index (χ4n) is 1.10. The molecule has 0 radical (unpaired) electrons. The third kappa shape index (κ3) is 3.44. The molecule has 0 fully saturated rings. The highest BCUT2D eigenvalue weighted by Crippen LogP contribution is 2.08. The third-order valence-corrected chi connectivity index (χ3v) is 1.92. The second kappa shape index (κ2) is 5.23. The summed E-state index contributed by atoms with van der Waals surface area (Å²) in [5.74, 6) is 0.689. The average molecular weight is 189 g/mol. The number of nitrogens with zero attached hydrogens (tertiary/aromatic N) is 2. The topological polar surface area (TPSA) is 48.7 Å². The van der Waals surface area contributed by atoms with Crippen molar-refractivity contribution in [1.29, 1.82) is 5.26 Å². The highest BCUT2D eigenvalue weighted by molar-refractivity contribution is 5.46. The lowest BCUT2D eigenvalue weighted by Gasteiger charge is -2.07. The van der Waals surface area contributed by atoms with Crippen LogP contribution in [0.4, 0.5) is 5.69 Å². The zero-order chi connectivity index (χ0) is 10.4. The van der Waals surface area contributed by atoms with Gasteiger partial charge in [-0.1, -0.05) is 13.8 Å². The van der Waals surface area contributed by atoms with Crippen molar-refractivity contribution in [3.05, 3.63) is 24.0 Å². The molecule has 0 spiro atoms. The van der Waals surface area contributed by atoms with Crippen LogP contribution in [0.3, 0.4) is 0 Å². The van der Waals surface area contributed by atoms with E-state index in [-0.39, 0.29) is 0 Å². The van der Waals surface area contributed by atoms with Gasteiger partial charge in [0, 0.05) is 12.7 Å². The predicted molar refractivity (Wildman–Crippen MR) is 56.9 cm³/mol. The molecule has 74 valence electrons. The standard InChI is InChI=1S/C11H15N3/c1-9(2)3-4-14-11-5-10(6-12)7-13-8-11/h5,7-9,14H,3-4H2,1-2H3. The fraction of sp³-hybridized carbons (Fsp3) is 0.455. The van der Waals surface area contributed by atoms with E-state index in [2.05, 4.69) is 30.2 Å². The van der Waals surface area contributed by atoms with Crippen molar-refractivity contribution in [3.8, 4) is 6.07 Å². The molecule has 0 saturated carbocycles. The van der Waals surface area contributed by atoms with Crippen molar-refractivity contribution in [3.63, 3.8) is 0 Å². The maximum atomic E-state index is 8.66. The number of pyridine rings is 1. The van der Waals surface area contributed by atoms with Gasteiger partial charge < -0.3 is 5.32 Å². The molecular formula is C11H15N3. The van der Waals surface area contributed by atoms with E-state index >= 15 is 0 Å². The Morgan fingerprint density at radius 3 is 2.93 bits per heavy atom. The Bertz CT molecular complexity index is 326. The van der Waals surface area contributed by atoms with Crippen LogP contribution in [0.1, 0.15) is 25.8 Å². The molecule has 3 nitrogen and oxygen atoms in total. The lowest BCUT2D eigenvalue weighted by molar-refractivity contribution is 0.607. The van der Waals surface area contributed by atoms with Crippen LogP contribution in [0.2, 0.25) is 0 Å². The minimum absolute atomic E-state index is 0.597. The number of nitrogens with one attached hydrogen (secondary N) is 1. The molecule has 3 heteroatoms. The van der Waals surface area contributed by atoms with Crippen LogP contribution in [0, 0.1) is 17.2 Å². The molecule has 0 amide bonds. The lowest BCUT2D eigenvalue weighted by Crippen LogP contribution is -2.05. The van der Waals surface area contributed by atoms with Crippen molar-refractivity contribution < 1.29 is 0 Å². The smallest absolute Gasteiger partial charge is 0.101 e. The normalized spacial score (nSPS) is 9.86. The van der Waals surface area contributed by atoms with Crippen LogP contribution in [0.15, 0.2) is 18.5 Å². The first kappa shape index (κ1) is 10.5. The van der Waals surface area contributed by atoms with Crippen molar-refractivity contribution in [2.45, 2.75) is 20.3 Å². The van der Waals surface area contributed by atoms with Gasteiger partial charge in [-0.2, -0.15) is 5.26 Å². The Labute approximate surface area is 84.8 Å². The Balaban J connectivity index is 2.47. The van der Waals surface area contributed by atoms with E-state index in [4.69, 9.17) is 5.26 Å². The molecule has 0 bridgehead atoms. The van der Waals surface area contributed by atoms with Gasteiger partial charge >= 0.3 is 0 Å². The van der Waals surface area contributed by atoms with Gasteiger partial charge in [-0.05, 0) is 18.4 Å². The van der Waals surface area contributed by atoms with Crippen molar-refractivity contribution in [1.82, 2.24) is 4.98 Å². The number of anilines is 1. The van der Waals surface area contributed by atoms with Crippen LogP contribution >= 0.6 is 0 Å². The van der Waals surface area contributed by atoms with Crippen molar-refractivity contribution in [2.75, 3.05) is 11.9 Å². The first-order valence-electron chi connectivity index (χ1n) is 4.81. The summed E-state index contributed by atoms with van der Waals surface area (Å²) in [6, 6.07) is 3.88. The molecular weight excluding hydrogens is 174 g/mol. The van der Waals surface area contributed by atoms with Crippen LogP contribution in [0.25, 0.3) is 0 Å². The Morgan fingerprint density at radius 2 is 2.29 bits per heavy atom. The average Bonchev–Trinajstić information content (AvgIpc) is 2.18. The third-order valence-electron chi connectivity index (χ3n) is 1.92. The number of aromatic nitrogens is 1. The SMILES string of the molecule is CC(C)CCNc1cncc(C#N)c1. The number of nitriles is 1. The summed E-state index contributed by atoms with van der Waals surface area (Å²) in [6.07, 6.45) is 4.42. The van der Waals surface area contributed by atoms with Gasteiger partial charge in [0.25, 0.3) is 0 Å². The van der Waals surface area contributed by atoms with E-state index in [1.54, 1.807) is 12.4 Å².